The van der Waals surface area contributed by atoms with Crippen molar-refractivity contribution in [1.82, 2.24) is 15.5 Å². The molecule has 8 nitrogen and oxygen atoms in total. The fourth-order valence-electron chi connectivity index (χ4n) is 4.41. The van der Waals surface area contributed by atoms with E-state index < -0.39 is 36.7 Å². The molecular formula is C27H35BBr2FN3O5. The summed E-state index contributed by atoms with van der Waals surface area (Å²) in [6.45, 7) is 6.74. The summed E-state index contributed by atoms with van der Waals surface area (Å²) in [5.74, 6) is -2.08. The number of amides is 2. The fraction of sp³-hybridized carbons (Fsp3) is 0.481. The van der Waals surface area contributed by atoms with E-state index in [1.54, 1.807) is 6.07 Å². The highest BCUT2D eigenvalue weighted by Crippen LogP contribution is 2.26. The number of nitrogens with one attached hydrogen (secondary N) is 2. The van der Waals surface area contributed by atoms with E-state index in [4.69, 9.17) is 9.31 Å². The molecule has 3 N–H and O–H groups in total. The van der Waals surface area contributed by atoms with Gasteiger partial charge in [0, 0.05) is 43.7 Å². The molecule has 1 aliphatic heterocycles. The van der Waals surface area contributed by atoms with E-state index in [-0.39, 0.29) is 33.5 Å². The normalized spacial score (nSPS) is 16.3. The van der Waals surface area contributed by atoms with Crippen LogP contribution in [0.4, 0.5) is 4.39 Å². The van der Waals surface area contributed by atoms with E-state index in [1.165, 1.54) is 6.07 Å². The lowest BCUT2D eigenvalue weighted by atomic mass is 9.73. The Balaban J connectivity index is 1.80. The summed E-state index contributed by atoms with van der Waals surface area (Å²) in [5, 5.41) is 15.0. The number of β-amino-alcohol motifs (C(OH)–C–C–N with tert-alkyl or cyclic N) is 1. The van der Waals surface area contributed by atoms with Crippen molar-refractivity contribution in [1.29, 1.82) is 0 Å². The molecular weight excluding hydrogens is 636 g/mol. The Bertz CT molecular complexity index is 1090. The van der Waals surface area contributed by atoms with Gasteiger partial charge in [0.05, 0.1) is 22.6 Å². The predicted octanol–water partition coefficient (Wildman–Crippen LogP) is 3.59. The molecule has 212 valence electrons. The summed E-state index contributed by atoms with van der Waals surface area (Å²) in [6, 6.07) is 11.4. The Labute approximate surface area is 246 Å². The molecule has 0 radical (unpaired) electrons. The Morgan fingerprint density at radius 2 is 1.69 bits per heavy atom. The van der Waals surface area contributed by atoms with E-state index in [0.29, 0.717) is 39.3 Å². The number of rotatable bonds is 11. The third-order valence-corrected chi connectivity index (χ3v) is 7.63. The SMILES string of the molecule is CC(C)C[C@H](NC(=O)[C@H](Cc1ccccc1)NC(=O)c1c(Br)ccc(Br)c1F)B1OCCN(CCO)CCO1. The average Bonchev–Trinajstić information content (AvgIpc) is 2.87. The average molecular weight is 671 g/mol. The zero-order valence-corrected chi connectivity index (χ0v) is 25.3. The molecule has 1 fully saturated rings. The largest absolute Gasteiger partial charge is 0.480 e. The van der Waals surface area contributed by atoms with Gasteiger partial charge in [0.25, 0.3) is 5.91 Å². The molecule has 0 unspecified atom stereocenters. The lowest BCUT2D eigenvalue weighted by molar-refractivity contribution is -0.123. The maximum absolute atomic E-state index is 14.8. The van der Waals surface area contributed by atoms with Crippen molar-refractivity contribution in [2.24, 2.45) is 5.92 Å². The van der Waals surface area contributed by atoms with Crippen molar-refractivity contribution < 1.29 is 28.4 Å². The molecule has 3 rings (SSSR count). The molecule has 2 aromatic carbocycles. The van der Waals surface area contributed by atoms with Crippen LogP contribution in [0, 0.1) is 11.7 Å². The number of carbonyl (C=O) groups excluding carboxylic acids is 2. The van der Waals surface area contributed by atoms with Gasteiger partial charge in [0.1, 0.15) is 6.04 Å². The zero-order chi connectivity index (χ0) is 28.4. The van der Waals surface area contributed by atoms with Crippen molar-refractivity contribution in [2.75, 3.05) is 39.5 Å². The highest BCUT2D eigenvalue weighted by Gasteiger charge is 2.36. The van der Waals surface area contributed by atoms with Crippen LogP contribution in [0.2, 0.25) is 0 Å². The first-order valence-corrected chi connectivity index (χ1v) is 14.6. The topological polar surface area (TPSA) is 100 Å². The standard InChI is InChI=1S/C27H35BBr2FN3O5/c1-18(2)16-23(28-38-14-11-34(10-13-35)12-15-39-28)33-26(36)22(17-19-6-4-3-5-7-19)32-27(37)24-20(29)8-9-21(30)25(24)31/h3-9,18,22-23,35H,10-17H2,1-2H3,(H,32,37)(H,33,36)/t22-,23-/m0/s1. The summed E-state index contributed by atoms with van der Waals surface area (Å²) in [5.41, 5.74) is 0.655. The van der Waals surface area contributed by atoms with Gasteiger partial charge in [-0.25, -0.2) is 4.39 Å². The number of hydrogen-bond acceptors (Lipinski definition) is 6. The third kappa shape index (κ3) is 9.65. The molecule has 0 bridgehead atoms. The summed E-state index contributed by atoms with van der Waals surface area (Å²) in [4.78, 5) is 29.0. The third-order valence-electron chi connectivity index (χ3n) is 6.35. The molecule has 0 aliphatic carbocycles. The van der Waals surface area contributed by atoms with Gasteiger partial charge in [-0.05, 0) is 61.9 Å². The summed E-state index contributed by atoms with van der Waals surface area (Å²) in [7, 11) is -0.669. The smallest absolute Gasteiger partial charge is 0.408 e. The van der Waals surface area contributed by atoms with Crippen molar-refractivity contribution in [2.45, 2.75) is 38.7 Å². The Morgan fingerprint density at radius 3 is 2.31 bits per heavy atom. The maximum atomic E-state index is 14.8. The van der Waals surface area contributed by atoms with Crippen molar-refractivity contribution in [3.05, 3.63) is 68.4 Å². The highest BCUT2D eigenvalue weighted by atomic mass is 79.9. The maximum Gasteiger partial charge on any atom is 0.480 e. The molecule has 1 aliphatic rings. The van der Waals surface area contributed by atoms with Gasteiger partial charge in [-0.1, -0.05) is 44.2 Å². The second-order valence-electron chi connectivity index (χ2n) is 9.85. The monoisotopic (exact) mass is 669 g/mol. The Morgan fingerprint density at radius 1 is 1.05 bits per heavy atom. The van der Waals surface area contributed by atoms with Gasteiger partial charge in [-0.2, -0.15) is 0 Å². The minimum Gasteiger partial charge on any atom is -0.408 e. The predicted molar refractivity (Wildman–Crippen MR) is 156 cm³/mol. The second-order valence-corrected chi connectivity index (χ2v) is 11.6. The number of benzene rings is 2. The van der Waals surface area contributed by atoms with Crippen molar-refractivity contribution in [3.63, 3.8) is 0 Å². The minimum absolute atomic E-state index is 0.0599. The van der Waals surface area contributed by atoms with Crippen LogP contribution in [0.3, 0.4) is 0 Å². The van der Waals surface area contributed by atoms with Gasteiger partial charge in [-0.3, -0.25) is 14.5 Å². The van der Waals surface area contributed by atoms with Crippen LogP contribution in [0.15, 0.2) is 51.4 Å². The van der Waals surface area contributed by atoms with Crippen molar-refractivity contribution >= 4 is 50.8 Å². The lowest BCUT2D eigenvalue weighted by Gasteiger charge is -2.31. The Hall–Kier alpha value is -1.83. The van der Waals surface area contributed by atoms with E-state index >= 15 is 0 Å². The molecule has 12 heteroatoms. The van der Waals surface area contributed by atoms with Crippen LogP contribution >= 0.6 is 31.9 Å². The zero-order valence-electron chi connectivity index (χ0n) is 22.2. The first-order chi connectivity index (χ1) is 18.7. The summed E-state index contributed by atoms with van der Waals surface area (Å²) < 4.78 is 27.3. The Kier molecular flexibility index (Phi) is 12.9. The first-order valence-electron chi connectivity index (χ1n) is 13.0. The first kappa shape index (κ1) is 31.7. The van der Waals surface area contributed by atoms with Crippen molar-refractivity contribution in [3.8, 4) is 0 Å². The number of hydrogen-bond donors (Lipinski definition) is 3. The van der Waals surface area contributed by atoms with E-state index in [1.807, 2.05) is 44.2 Å². The molecule has 0 spiro atoms. The van der Waals surface area contributed by atoms with Gasteiger partial charge in [0.15, 0.2) is 5.82 Å². The molecule has 2 aromatic rings. The number of aliphatic hydroxyl groups excluding tert-OH is 1. The molecule has 2 amide bonds. The molecule has 1 saturated heterocycles. The molecule has 39 heavy (non-hydrogen) atoms. The van der Waals surface area contributed by atoms with Crippen LogP contribution in [0.25, 0.3) is 0 Å². The number of nitrogens with zero attached hydrogens (tertiary/aromatic N) is 1. The van der Waals surface area contributed by atoms with E-state index in [9.17, 15) is 19.1 Å². The van der Waals surface area contributed by atoms with Crippen LogP contribution in [0.5, 0.6) is 0 Å². The number of carbonyl (C=O) groups is 2. The van der Waals surface area contributed by atoms with Gasteiger partial charge < -0.3 is 25.0 Å². The molecule has 0 saturated carbocycles. The van der Waals surface area contributed by atoms with Gasteiger partial charge in [-0.15, -0.1) is 0 Å². The fourth-order valence-corrected chi connectivity index (χ4v) is 5.22. The molecule has 2 atom stereocenters. The van der Waals surface area contributed by atoms with E-state index in [0.717, 1.165) is 5.56 Å². The van der Waals surface area contributed by atoms with Gasteiger partial charge in [0.2, 0.25) is 5.91 Å². The highest BCUT2D eigenvalue weighted by molar-refractivity contribution is 9.11. The number of aliphatic hydroxyl groups is 1. The minimum atomic E-state index is -0.978. The lowest BCUT2D eigenvalue weighted by Crippen LogP contribution is -2.57. The van der Waals surface area contributed by atoms with Crippen LogP contribution in [-0.4, -0.2) is 80.4 Å². The summed E-state index contributed by atoms with van der Waals surface area (Å²) in [6.07, 6.45) is 0.803. The van der Waals surface area contributed by atoms with Gasteiger partial charge >= 0.3 is 7.12 Å². The quantitative estimate of drug-likeness (QED) is 0.250. The number of halogens is 3. The molecule has 1 heterocycles. The van der Waals surface area contributed by atoms with Crippen LogP contribution < -0.4 is 10.6 Å². The van der Waals surface area contributed by atoms with Crippen LogP contribution in [-0.2, 0) is 20.5 Å². The second kappa shape index (κ2) is 15.8. The van der Waals surface area contributed by atoms with E-state index in [2.05, 4.69) is 47.4 Å². The summed E-state index contributed by atoms with van der Waals surface area (Å²) >= 11 is 6.37. The molecule has 0 aromatic heterocycles. The van der Waals surface area contributed by atoms with Crippen LogP contribution in [0.1, 0.15) is 36.2 Å².